The van der Waals surface area contributed by atoms with E-state index in [1.54, 1.807) is 7.11 Å². The van der Waals surface area contributed by atoms with E-state index in [-0.39, 0.29) is 0 Å². The van der Waals surface area contributed by atoms with Crippen LogP contribution in [0.4, 0.5) is 0 Å². The Kier molecular flexibility index (Phi) is 1.51. The highest BCUT2D eigenvalue weighted by atomic mass is 16.5. The Labute approximate surface area is 72.0 Å². The second-order valence-corrected chi connectivity index (χ2v) is 2.78. The molecular weight excluding hydrogens is 148 g/mol. The fourth-order valence-corrected chi connectivity index (χ4v) is 1.47. The molecule has 0 heterocycles. The summed E-state index contributed by atoms with van der Waals surface area (Å²) in [5, 5.41) is 0. The largest absolute Gasteiger partial charge is 0.496 e. The van der Waals surface area contributed by atoms with E-state index in [4.69, 9.17) is 4.74 Å². The van der Waals surface area contributed by atoms with E-state index in [1.165, 1.54) is 5.56 Å². The summed E-state index contributed by atoms with van der Waals surface area (Å²) in [6, 6.07) is 6.00. The number of hydrogen-bond acceptors (Lipinski definition) is 1. The zero-order chi connectivity index (χ0) is 8.55. The lowest BCUT2D eigenvalue weighted by atomic mass is 10.1. The van der Waals surface area contributed by atoms with Crippen molar-refractivity contribution in [1.29, 1.82) is 0 Å². The molecule has 0 saturated heterocycles. The van der Waals surface area contributed by atoms with Crippen molar-refractivity contribution in [3.05, 3.63) is 42.0 Å². The molecule has 0 N–H and O–H groups in total. The molecule has 0 atom stereocenters. The molecule has 1 heteroatoms. The van der Waals surface area contributed by atoms with Crippen LogP contribution in [0.3, 0.4) is 0 Å². The smallest absolute Gasteiger partial charge is 0.127 e. The topological polar surface area (TPSA) is 9.23 Å². The van der Waals surface area contributed by atoms with E-state index < -0.39 is 0 Å². The van der Waals surface area contributed by atoms with Crippen LogP contribution in [0.1, 0.15) is 11.1 Å². The molecule has 0 bridgehead atoms. The molecule has 0 saturated carbocycles. The van der Waals surface area contributed by atoms with E-state index in [2.05, 4.69) is 18.7 Å². The third-order valence-corrected chi connectivity index (χ3v) is 2.06. The van der Waals surface area contributed by atoms with Gasteiger partial charge in [0.25, 0.3) is 0 Å². The van der Waals surface area contributed by atoms with Crippen LogP contribution in [0, 0.1) is 0 Å². The van der Waals surface area contributed by atoms with Gasteiger partial charge in [0, 0.05) is 5.56 Å². The maximum Gasteiger partial charge on any atom is 0.127 e. The highest BCUT2D eigenvalue weighted by Crippen LogP contribution is 2.34. The summed E-state index contributed by atoms with van der Waals surface area (Å²) < 4.78 is 5.23. The zero-order valence-corrected chi connectivity index (χ0v) is 7.00. The quantitative estimate of drug-likeness (QED) is 0.610. The third-order valence-electron chi connectivity index (χ3n) is 2.06. The summed E-state index contributed by atoms with van der Waals surface area (Å²) in [4.78, 5) is 0. The number of fused-ring (bicyclic) bond motifs is 1. The Bertz CT molecular complexity index is 361. The molecule has 0 spiro atoms. The molecule has 1 aromatic carbocycles. The maximum atomic E-state index is 5.23. The van der Waals surface area contributed by atoms with Crippen molar-refractivity contribution in [2.45, 2.75) is 0 Å². The molecule has 1 aliphatic rings. The van der Waals surface area contributed by atoms with Crippen molar-refractivity contribution >= 4 is 11.6 Å². The molecule has 1 aromatic rings. The van der Waals surface area contributed by atoms with Crippen LogP contribution in [0.25, 0.3) is 11.6 Å². The average molecular weight is 158 g/mol. The molecule has 1 aliphatic carbocycles. The summed E-state index contributed by atoms with van der Waals surface area (Å²) in [6.45, 7) is 3.94. The minimum atomic E-state index is 0.905. The predicted octanol–water partition coefficient (Wildman–Crippen LogP) is 2.74. The van der Waals surface area contributed by atoms with Crippen LogP contribution in [0.2, 0.25) is 0 Å². The van der Waals surface area contributed by atoms with Gasteiger partial charge in [-0.1, -0.05) is 30.9 Å². The molecule has 0 fully saturated rings. The van der Waals surface area contributed by atoms with Gasteiger partial charge in [0.15, 0.2) is 0 Å². The zero-order valence-electron chi connectivity index (χ0n) is 7.00. The highest BCUT2D eigenvalue weighted by Gasteiger charge is 2.12. The lowest BCUT2D eigenvalue weighted by molar-refractivity contribution is 0.413. The first-order valence-corrected chi connectivity index (χ1v) is 3.87. The van der Waals surface area contributed by atoms with Crippen molar-refractivity contribution in [1.82, 2.24) is 0 Å². The van der Waals surface area contributed by atoms with Gasteiger partial charge in [-0.05, 0) is 17.2 Å². The molecule has 0 amide bonds. The number of rotatable bonds is 1. The Morgan fingerprint density at radius 2 is 2.08 bits per heavy atom. The first kappa shape index (κ1) is 7.17. The lowest BCUT2D eigenvalue weighted by Crippen LogP contribution is -1.89. The van der Waals surface area contributed by atoms with Gasteiger partial charge in [-0.2, -0.15) is 0 Å². The van der Waals surface area contributed by atoms with Gasteiger partial charge in [0.1, 0.15) is 5.75 Å². The fourth-order valence-electron chi connectivity index (χ4n) is 1.47. The SMILES string of the molecule is C=C1C=Cc2cccc(OC)c21. The molecule has 60 valence electrons. The van der Waals surface area contributed by atoms with Crippen molar-refractivity contribution in [2.24, 2.45) is 0 Å². The van der Waals surface area contributed by atoms with Crippen LogP contribution in [-0.4, -0.2) is 7.11 Å². The molecule has 0 radical (unpaired) electrons. The Hall–Kier alpha value is -1.50. The van der Waals surface area contributed by atoms with Gasteiger partial charge in [-0.3, -0.25) is 0 Å². The van der Waals surface area contributed by atoms with E-state index >= 15 is 0 Å². The number of methoxy groups -OCH3 is 1. The summed E-state index contributed by atoms with van der Waals surface area (Å²) in [5.41, 5.74) is 3.35. The number of hydrogen-bond donors (Lipinski definition) is 0. The summed E-state index contributed by atoms with van der Waals surface area (Å²) >= 11 is 0. The average Bonchev–Trinajstić information content (AvgIpc) is 2.48. The number of benzene rings is 1. The van der Waals surface area contributed by atoms with Gasteiger partial charge in [-0.15, -0.1) is 0 Å². The summed E-state index contributed by atoms with van der Waals surface area (Å²) in [5.74, 6) is 0.905. The molecular formula is C11H10O. The van der Waals surface area contributed by atoms with E-state index in [0.29, 0.717) is 0 Å². The summed E-state index contributed by atoms with van der Waals surface area (Å²) in [6.07, 6.45) is 4.06. The van der Waals surface area contributed by atoms with Crippen molar-refractivity contribution in [3.8, 4) is 5.75 Å². The molecule has 2 rings (SSSR count). The van der Waals surface area contributed by atoms with Crippen LogP contribution < -0.4 is 4.74 Å². The van der Waals surface area contributed by atoms with E-state index in [9.17, 15) is 0 Å². The number of allylic oxidation sites excluding steroid dienone is 2. The maximum absolute atomic E-state index is 5.23. The van der Waals surface area contributed by atoms with E-state index in [1.807, 2.05) is 18.2 Å². The first-order valence-electron chi connectivity index (χ1n) is 3.87. The van der Waals surface area contributed by atoms with Crippen molar-refractivity contribution in [3.63, 3.8) is 0 Å². The Morgan fingerprint density at radius 3 is 2.83 bits per heavy atom. The minimum Gasteiger partial charge on any atom is -0.496 e. The van der Waals surface area contributed by atoms with Gasteiger partial charge in [-0.25, -0.2) is 0 Å². The predicted molar refractivity (Wildman–Crippen MR) is 51.1 cm³/mol. The van der Waals surface area contributed by atoms with Crippen LogP contribution in [-0.2, 0) is 0 Å². The Morgan fingerprint density at radius 1 is 1.25 bits per heavy atom. The first-order chi connectivity index (χ1) is 5.83. The van der Waals surface area contributed by atoms with Crippen LogP contribution in [0.15, 0.2) is 30.9 Å². The van der Waals surface area contributed by atoms with Gasteiger partial charge in [0.05, 0.1) is 7.11 Å². The monoisotopic (exact) mass is 158 g/mol. The number of ether oxygens (including phenoxy) is 1. The van der Waals surface area contributed by atoms with Gasteiger partial charge in [0.2, 0.25) is 0 Å². The molecule has 0 aliphatic heterocycles. The summed E-state index contributed by atoms with van der Waals surface area (Å²) in [7, 11) is 1.68. The van der Waals surface area contributed by atoms with Gasteiger partial charge < -0.3 is 4.74 Å². The normalized spacial score (nSPS) is 13.2. The molecule has 0 unspecified atom stereocenters. The Balaban J connectivity index is 2.65. The van der Waals surface area contributed by atoms with E-state index in [0.717, 1.165) is 16.9 Å². The van der Waals surface area contributed by atoms with Gasteiger partial charge >= 0.3 is 0 Å². The van der Waals surface area contributed by atoms with Crippen LogP contribution in [0.5, 0.6) is 5.75 Å². The second-order valence-electron chi connectivity index (χ2n) is 2.78. The highest BCUT2D eigenvalue weighted by molar-refractivity contribution is 5.91. The molecule has 12 heavy (non-hydrogen) atoms. The lowest BCUT2D eigenvalue weighted by Gasteiger charge is -2.06. The van der Waals surface area contributed by atoms with Crippen molar-refractivity contribution in [2.75, 3.05) is 7.11 Å². The van der Waals surface area contributed by atoms with Crippen molar-refractivity contribution < 1.29 is 4.74 Å². The standard InChI is InChI=1S/C11H10O/c1-8-6-7-9-4-3-5-10(12-2)11(8)9/h3-7H,1H2,2H3. The molecule has 0 aromatic heterocycles. The third kappa shape index (κ3) is 0.866. The second kappa shape index (κ2) is 2.52. The molecule has 1 nitrogen and oxygen atoms in total. The minimum absolute atomic E-state index is 0.905. The fraction of sp³-hybridized carbons (Fsp3) is 0.0909. The van der Waals surface area contributed by atoms with Crippen LogP contribution >= 0.6 is 0 Å².